The highest BCUT2D eigenvalue weighted by Crippen LogP contribution is 2.16. The van der Waals surface area contributed by atoms with Crippen LogP contribution in [-0.2, 0) is 28.6 Å². The molecular weight excluding hydrogens is 636 g/mol. The van der Waals surface area contributed by atoms with E-state index in [-0.39, 0.29) is 31.1 Å². The minimum absolute atomic E-state index is 0.0656. The van der Waals surface area contributed by atoms with Crippen LogP contribution in [0.25, 0.3) is 0 Å². The summed E-state index contributed by atoms with van der Waals surface area (Å²) in [4.78, 5) is 37.6. The van der Waals surface area contributed by atoms with Crippen LogP contribution in [0.5, 0.6) is 0 Å². The molecule has 0 aromatic rings. The van der Waals surface area contributed by atoms with Gasteiger partial charge in [0.05, 0.1) is 0 Å². The van der Waals surface area contributed by atoms with Crippen LogP contribution in [0.3, 0.4) is 0 Å². The van der Waals surface area contributed by atoms with Gasteiger partial charge in [0.25, 0.3) is 0 Å². The lowest BCUT2D eigenvalue weighted by molar-refractivity contribution is -0.167. The molecule has 0 aromatic heterocycles. The first-order valence-corrected chi connectivity index (χ1v) is 22.2. The van der Waals surface area contributed by atoms with Crippen molar-refractivity contribution >= 4 is 17.9 Å². The van der Waals surface area contributed by atoms with Crippen molar-refractivity contribution in [2.24, 2.45) is 11.8 Å². The quantitative estimate of drug-likeness (QED) is 0.0357. The molecule has 0 rings (SSSR count). The molecule has 0 saturated carbocycles. The highest BCUT2D eigenvalue weighted by Gasteiger charge is 2.19. The molecule has 1 atom stereocenters. The summed E-state index contributed by atoms with van der Waals surface area (Å²) in [6, 6.07) is 0. The molecule has 302 valence electrons. The molecule has 0 unspecified atom stereocenters. The Kier molecular flexibility index (Phi) is 37.0. The van der Waals surface area contributed by atoms with Gasteiger partial charge in [0.2, 0.25) is 0 Å². The summed E-state index contributed by atoms with van der Waals surface area (Å²) in [6.07, 6.45) is 35.2. The van der Waals surface area contributed by atoms with E-state index in [0.717, 1.165) is 69.6 Å². The van der Waals surface area contributed by atoms with Crippen molar-refractivity contribution in [2.45, 2.75) is 246 Å². The summed E-state index contributed by atoms with van der Waals surface area (Å²) in [5.41, 5.74) is 0. The minimum Gasteiger partial charge on any atom is -0.462 e. The largest absolute Gasteiger partial charge is 0.462 e. The number of esters is 3. The van der Waals surface area contributed by atoms with Crippen LogP contribution in [0, 0.1) is 11.8 Å². The standard InChI is InChI=1S/C45H86O6/c1-6-7-8-9-10-11-14-22-27-32-37-45(48)51-42(39-50-44(47)36-31-26-21-17-16-19-24-29-34-41(4)5)38-49-43(46)35-30-25-20-15-12-13-18-23-28-33-40(2)3/h40-42H,6-39H2,1-5H3/t42-/m0/s1. The Morgan fingerprint density at radius 2 is 0.647 bits per heavy atom. The van der Waals surface area contributed by atoms with Crippen molar-refractivity contribution in [3.8, 4) is 0 Å². The first-order valence-electron chi connectivity index (χ1n) is 22.2. The molecule has 0 spiro atoms. The average Bonchev–Trinajstić information content (AvgIpc) is 3.09. The maximum Gasteiger partial charge on any atom is 0.306 e. The second-order valence-electron chi connectivity index (χ2n) is 16.3. The fraction of sp³-hybridized carbons (Fsp3) is 0.933. The molecule has 0 heterocycles. The Bertz CT molecular complexity index is 779. The zero-order chi connectivity index (χ0) is 37.6. The zero-order valence-corrected chi connectivity index (χ0v) is 34.7. The Labute approximate surface area is 317 Å². The maximum atomic E-state index is 12.7. The number of rotatable bonds is 39. The predicted octanol–water partition coefficient (Wildman–Crippen LogP) is 13.8. The van der Waals surface area contributed by atoms with Gasteiger partial charge in [-0.3, -0.25) is 14.4 Å². The molecule has 0 bridgehead atoms. The number of carbonyl (C=O) groups excluding carboxylic acids is 3. The van der Waals surface area contributed by atoms with E-state index in [2.05, 4.69) is 34.6 Å². The molecular formula is C45H86O6. The summed E-state index contributed by atoms with van der Waals surface area (Å²) < 4.78 is 16.7. The number of unbranched alkanes of at least 4 members (excludes halogenated alkanes) is 24. The molecule has 0 fully saturated rings. The first-order chi connectivity index (χ1) is 24.7. The molecule has 0 saturated heterocycles. The third kappa shape index (κ3) is 39.5. The summed E-state index contributed by atoms with van der Waals surface area (Å²) in [7, 11) is 0. The van der Waals surface area contributed by atoms with Crippen molar-refractivity contribution in [1.82, 2.24) is 0 Å². The van der Waals surface area contributed by atoms with Crippen LogP contribution in [0.2, 0.25) is 0 Å². The van der Waals surface area contributed by atoms with Gasteiger partial charge in [-0.15, -0.1) is 0 Å². The molecule has 0 aliphatic carbocycles. The third-order valence-corrected chi connectivity index (χ3v) is 9.97. The van der Waals surface area contributed by atoms with E-state index in [9.17, 15) is 14.4 Å². The third-order valence-electron chi connectivity index (χ3n) is 9.97. The summed E-state index contributed by atoms with van der Waals surface area (Å²) in [5, 5.41) is 0. The van der Waals surface area contributed by atoms with Crippen LogP contribution >= 0.6 is 0 Å². The van der Waals surface area contributed by atoms with Crippen molar-refractivity contribution < 1.29 is 28.6 Å². The van der Waals surface area contributed by atoms with E-state index in [1.165, 1.54) is 128 Å². The van der Waals surface area contributed by atoms with Gasteiger partial charge in [-0.25, -0.2) is 0 Å². The number of ether oxygens (including phenoxy) is 3. The Morgan fingerprint density at radius 3 is 0.961 bits per heavy atom. The molecule has 0 radical (unpaired) electrons. The minimum atomic E-state index is -0.759. The van der Waals surface area contributed by atoms with Crippen molar-refractivity contribution in [2.75, 3.05) is 13.2 Å². The number of hydrogen-bond acceptors (Lipinski definition) is 6. The van der Waals surface area contributed by atoms with Crippen LogP contribution in [0.15, 0.2) is 0 Å². The lowest BCUT2D eigenvalue weighted by atomic mass is 10.0. The number of carbonyl (C=O) groups is 3. The summed E-state index contributed by atoms with van der Waals surface area (Å²) in [5.74, 6) is 0.743. The topological polar surface area (TPSA) is 78.9 Å². The SMILES string of the molecule is CCCCCCCCCCCCC(=O)O[C@@H](COC(=O)CCCCCCCCCCCC(C)C)COC(=O)CCCCCCCCCCC(C)C. The summed E-state index contributed by atoms with van der Waals surface area (Å²) >= 11 is 0. The molecule has 0 aliphatic heterocycles. The molecule has 0 aliphatic rings. The lowest BCUT2D eigenvalue weighted by Gasteiger charge is -2.18. The van der Waals surface area contributed by atoms with Crippen molar-refractivity contribution in [3.05, 3.63) is 0 Å². The second-order valence-corrected chi connectivity index (χ2v) is 16.3. The molecule has 0 N–H and O–H groups in total. The average molecular weight is 723 g/mol. The predicted molar refractivity (Wildman–Crippen MR) is 215 cm³/mol. The van der Waals surface area contributed by atoms with Crippen molar-refractivity contribution in [1.29, 1.82) is 0 Å². The van der Waals surface area contributed by atoms with Gasteiger partial charge in [-0.1, -0.05) is 202 Å². The molecule has 6 heteroatoms. The Hall–Kier alpha value is -1.59. The fourth-order valence-electron chi connectivity index (χ4n) is 6.58. The van der Waals surface area contributed by atoms with Crippen molar-refractivity contribution in [3.63, 3.8) is 0 Å². The van der Waals surface area contributed by atoms with Gasteiger partial charge < -0.3 is 14.2 Å². The summed E-state index contributed by atoms with van der Waals surface area (Å²) in [6.45, 7) is 11.3. The van der Waals surface area contributed by atoms with E-state index >= 15 is 0 Å². The van der Waals surface area contributed by atoms with Crippen LogP contribution in [0.1, 0.15) is 240 Å². The second kappa shape index (κ2) is 38.1. The number of hydrogen-bond donors (Lipinski definition) is 0. The van der Waals surface area contributed by atoms with Crippen LogP contribution < -0.4 is 0 Å². The lowest BCUT2D eigenvalue weighted by Crippen LogP contribution is -2.30. The van der Waals surface area contributed by atoms with Gasteiger partial charge >= 0.3 is 17.9 Å². The Balaban J connectivity index is 4.34. The highest BCUT2D eigenvalue weighted by atomic mass is 16.6. The van der Waals surface area contributed by atoms with Crippen LogP contribution in [-0.4, -0.2) is 37.2 Å². The Morgan fingerprint density at radius 1 is 0.373 bits per heavy atom. The maximum absolute atomic E-state index is 12.7. The van der Waals surface area contributed by atoms with Gasteiger partial charge in [0.15, 0.2) is 6.10 Å². The van der Waals surface area contributed by atoms with E-state index < -0.39 is 6.10 Å². The van der Waals surface area contributed by atoms with Gasteiger partial charge in [0.1, 0.15) is 13.2 Å². The van der Waals surface area contributed by atoms with E-state index in [4.69, 9.17) is 14.2 Å². The smallest absolute Gasteiger partial charge is 0.306 e. The van der Waals surface area contributed by atoms with Gasteiger partial charge in [-0.2, -0.15) is 0 Å². The zero-order valence-electron chi connectivity index (χ0n) is 34.7. The first kappa shape index (κ1) is 49.4. The van der Waals surface area contributed by atoms with E-state index in [0.29, 0.717) is 19.3 Å². The van der Waals surface area contributed by atoms with Gasteiger partial charge in [-0.05, 0) is 31.1 Å². The monoisotopic (exact) mass is 723 g/mol. The normalized spacial score (nSPS) is 12.1. The molecule has 0 aromatic carbocycles. The highest BCUT2D eigenvalue weighted by molar-refractivity contribution is 5.71. The molecule has 51 heavy (non-hydrogen) atoms. The van der Waals surface area contributed by atoms with E-state index in [1.54, 1.807) is 0 Å². The van der Waals surface area contributed by atoms with Gasteiger partial charge in [0, 0.05) is 19.3 Å². The van der Waals surface area contributed by atoms with Crippen LogP contribution in [0.4, 0.5) is 0 Å². The fourth-order valence-corrected chi connectivity index (χ4v) is 6.58. The molecule has 6 nitrogen and oxygen atoms in total. The molecule has 0 amide bonds. The van der Waals surface area contributed by atoms with E-state index in [1.807, 2.05) is 0 Å².